The smallest absolute Gasteiger partial charge is 0.262 e. The van der Waals surface area contributed by atoms with Crippen LogP contribution in [0, 0.1) is 17.5 Å². The Balaban J connectivity index is 1.78. The van der Waals surface area contributed by atoms with Crippen molar-refractivity contribution in [3.63, 3.8) is 0 Å². The Labute approximate surface area is 154 Å². The van der Waals surface area contributed by atoms with Crippen LogP contribution < -0.4 is 5.32 Å². The normalized spacial score (nSPS) is 15.6. The van der Waals surface area contributed by atoms with Crippen LogP contribution in [0.25, 0.3) is 5.69 Å². The summed E-state index contributed by atoms with van der Waals surface area (Å²) in [6, 6.07) is 8.47. The lowest BCUT2D eigenvalue weighted by atomic mass is 10.1. The number of aromatic nitrogens is 2. The number of nitrogens with one attached hydrogen (secondary N) is 1. The number of rotatable bonds is 3. The van der Waals surface area contributed by atoms with Gasteiger partial charge in [-0.05, 0) is 36.4 Å². The molecule has 0 radical (unpaired) electrons. The van der Waals surface area contributed by atoms with Gasteiger partial charge in [0.05, 0.1) is 22.9 Å². The number of hydrogen-bond donors (Lipinski definition) is 1. The molecule has 0 saturated heterocycles. The van der Waals surface area contributed by atoms with Gasteiger partial charge in [0.15, 0.2) is 0 Å². The van der Waals surface area contributed by atoms with E-state index in [1.807, 2.05) is 0 Å². The van der Waals surface area contributed by atoms with E-state index >= 15 is 0 Å². The van der Waals surface area contributed by atoms with Gasteiger partial charge in [-0.2, -0.15) is 5.10 Å². The number of carbonyl (C=O) groups excluding carboxylic acids is 1. The first-order valence-corrected chi connectivity index (χ1v) is 9.40. The zero-order valence-corrected chi connectivity index (χ0v) is 14.5. The maximum Gasteiger partial charge on any atom is 0.262 e. The number of amides is 1. The van der Waals surface area contributed by atoms with Crippen LogP contribution in [0.1, 0.15) is 21.6 Å². The first-order valence-electron chi connectivity index (χ1n) is 7.91. The quantitative estimate of drug-likeness (QED) is 0.745. The van der Waals surface area contributed by atoms with Crippen LogP contribution in [0.3, 0.4) is 0 Å². The van der Waals surface area contributed by atoms with Gasteiger partial charge in [-0.25, -0.2) is 17.9 Å². The largest absolute Gasteiger partial charge is 0.306 e. The molecule has 9 heteroatoms. The molecule has 0 bridgehead atoms. The predicted molar refractivity (Wildman–Crippen MR) is 93.4 cm³/mol. The fourth-order valence-electron chi connectivity index (χ4n) is 2.91. The molecule has 1 aliphatic rings. The van der Waals surface area contributed by atoms with Crippen LogP contribution in [0.2, 0.25) is 0 Å². The lowest BCUT2D eigenvalue weighted by Crippen LogP contribution is -2.19. The highest BCUT2D eigenvalue weighted by Gasteiger charge is 2.29. The molecule has 1 amide bonds. The SMILES string of the molecule is O=C(Nc1c2c(nn1-c1ccc(F)cc1)C[S@](=O)C2)c1c(F)cccc1F. The van der Waals surface area contributed by atoms with Crippen LogP contribution in [0.15, 0.2) is 42.5 Å². The van der Waals surface area contributed by atoms with Crippen molar-refractivity contribution in [1.29, 1.82) is 0 Å². The monoisotopic (exact) mass is 391 g/mol. The highest BCUT2D eigenvalue weighted by molar-refractivity contribution is 7.83. The third-order valence-corrected chi connectivity index (χ3v) is 5.37. The van der Waals surface area contributed by atoms with Crippen molar-refractivity contribution in [2.75, 3.05) is 5.32 Å². The van der Waals surface area contributed by atoms with Crippen molar-refractivity contribution in [3.05, 3.63) is 76.7 Å². The van der Waals surface area contributed by atoms with E-state index in [1.165, 1.54) is 28.9 Å². The second-order valence-corrected chi connectivity index (χ2v) is 7.40. The van der Waals surface area contributed by atoms with Gasteiger partial charge in [-0.1, -0.05) is 6.07 Å². The topological polar surface area (TPSA) is 64.0 Å². The van der Waals surface area contributed by atoms with Crippen LogP contribution in [0.4, 0.5) is 19.0 Å². The average Bonchev–Trinajstić information content (AvgIpc) is 3.13. The van der Waals surface area contributed by atoms with Gasteiger partial charge in [0, 0.05) is 16.4 Å². The first kappa shape index (κ1) is 17.5. The van der Waals surface area contributed by atoms with E-state index in [-0.39, 0.29) is 17.3 Å². The summed E-state index contributed by atoms with van der Waals surface area (Å²) in [7, 11) is -1.17. The molecular formula is C18H12F3N3O2S. The Kier molecular flexibility index (Phi) is 4.31. The minimum atomic E-state index is -1.17. The average molecular weight is 391 g/mol. The molecule has 0 aliphatic carbocycles. The molecule has 2 heterocycles. The van der Waals surface area contributed by atoms with Gasteiger partial charge in [0.1, 0.15) is 28.8 Å². The van der Waals surface area contributed by atoms with E-state index in [2.05, 4.69) is 10.4 Å². The molecule has 4 rings (SSSR count). The Bertz CT molecular complexity index is 1060. The minimum Gasteiger partial charge on any atom is -0.306 e. The molecule has 5 nitrogen and oxygen atoms in total. The number of nitrogens with zero attached hydrogens (tertiary/aromatic N) is 2. The Morgan fingerprint density at radius 1 is 1.04 bits per heavy atom. The Morgan fingerprint density at radius 2 is 1.70 bits per heavy atom. The third kappa shape index (κ3) is 3.14. The molecule has 0 unspecified atom stereocenters. The van der Waals surface area contributed by atoms with Crippen molar-refractivity contribution in [1.82, 2.24) is 9.78 Å². The molecule has 3 aromatic rings. The van der Waals surface area contributed by atoms with Gasteiger partial charge in [-0.15, -0.1) is 0 Å². The van der Waals surface area contributed by atoms with Crippen LogP contribution in [-0.4, -0.2) is 19.9 Å². The van der Waals surface area contributed by atoms with E-state index in [0.29, 0.717) is 16.9 Å². The summed E-state index contributed by atoms with van der Waals surface area (Å²) in [5.74, 6) is -2.91. The molecule has 1 N–H and O–H groups in total. The Hall–Kier alpha value is -2.94. The van der Waals surface area contributed by atoms with E-state index in [4.69, 9.17) is 0 Å². The number of anilines is 1. The molecule has 2 aromatic carbocycles. The summed E-state index contributed by atoms with van der Waals surface area (Å²) in [5.41, 5.74) is 0.767. The van der Waals surface area contributed by atoms with Crippen molar-refractivity contribution in [3.8, 4) is 5.69 Å². The maximum atomic E-state index is 13.9. The van der Waals surface area contributed by atoms with Gasteiger partial charge in [0.2, 0.25) is 0 Å². The van der Waals surface area contributed by atoms with Crippen molar-refractivity contribution < 1.29 is 22.2 Å². The summed E-state index contributed by atoms with van der Waals surface area (Å²) in [6.07, 6.45) is 0. The molecule has 1 atom stereocenters. The molecule has 138 valence electrons. The summed E-state index contributed by atoms with van der Waals surface area (Å²) in [4.78, 5) is 12.5. The molecule has 1 aromatic heterocycles. The summed E-state index contributed by atoms with van der Waals surface area (Å²) in [6.45, 7) is 0. The molecule has 0 saturated carbocycles. The Morgan fingerprint density at radius 3 is 2.37 bits per heavy atom. The summed E-state index contributed by atoms with van der Waals surface area (Å²) in [5, 5.41) is 6.81. The number of hydrogen-bond acceptors (Lipinski definition) is 3. The second-order valence-electron chi connectivity index (χ2n) is 5.94. The number of halogens is 3. The molecule has 27 heavy (non-hydrogen) atoms. The highest BCUT2D eigenvalue weighted by Crippen LogP contribution is 2.32. The van der Waals surface area contributed by atoms with Crippen molar-refractivity contribution >= 4 is 22.5 Å². The van der Waals surface area contributed by atoms with Crippen LogP contribution in [0.5, 0.6) is 0 Å². The lowest BCUT2D eigenvalue weighted by Gasteiger charge is -2.12. The van der Waals surface area contributed by atoms with Crippen molar-refractivity contribution in [2.24, 2.45) is 0 Å². The first-order chi connectivity index (χ1) is 12.9. The van der Waals surface area contributed by atoms with Gasteiger partial charge in [-0.3, -0.25) is 9.00 Å². The van der Waals surface area contributed by atoms with E-state index in [9.17, 15) is 22.2 Å². The van der Waals surface area contributed by atoms with Gasteiger partial charge in [0.25, 0.3) is 5.91 Å². The zero-order valence-electron chi connectivity index (χ0n) is 13.7. The minimum absolute atomic E-state index is 0.159. The van der Waals surface area contributed by atoms with Crippen molar-refractivity contribution in [2.45, 2.75) is 11.5 Å². The van der Waals surface area contributed by atoms with E-state index < -0.39 is 39.7 Å². The predicted octanol–water partition coefficient (Wildman–Crippen LogP) is 3.30. The summed E-state index contributed by atoms with van der Waals surface area (Å²) < 4.78 is 54.2. The van der Waals surface area contributed by atoms with E-state index in [1.54, 1.807) is 0 Å². The molecule has 0 fully saturated rings. The second kappa shape index (κ2) is 6.66. The number of benzene rings is 2. The zero-order chi connectivity index (χ0) is 19.1. The lowest BCUT2D eigenvalue weighted by molar-refractivity contribution is 0.101. The molecule has 1 aliphatic heterocycles. The third-order valence-electron chi connectivity index (χ3n) is 4.16. The fraction of sp³-hybridized carbons (Fsp3) is 0.111. The highest BCUT2D eigenvalue weighted by atomic mass is 32.2. The fourth-order valence-corrected chi connectivity index (χ4v) is 4.17. The van der Waals surface area contributed by atoms with E-state index in [0.717, 1.165) is 18.2 Å². The van der Waals surface area contributed by atoms with Crippen LogP contribution >= 0.6 is 0 Å². The standard InChI is InChI=1S/C18H12F3N3O2S/c19-10-4-6-11(7-5-10)24-17(12-8-27(26)9-15(12)23-24)22-18(25)16-13(20)2-1-3-14(16)21/h1-7H,8-9H2,(H,22,25)/t27-/m1/s1. The van der Waals surface area contributed by atoms with Gasteiger partial charge >= 0.3 is 0 Å². The summed E-state index contributed by atoms with van der Waals surface area (Å²) >= 11 is 0. The number of carbonyl (C=O) groups is 1. The molecule has 0 spiro atoms. The number of fused-ring (bicyclic) bond motifs is 1. The van der Waals surface area contributed by atoms with Gasteiger partial charge < -0.3 is 5.32 Å². The van der Waals surface area contributed by atoms with Crippen LogP contribution in [-0.2, 0) is 22.3 Å². The molecular weight excluding hydrogens is 379 g/mol. The maximum absolute atomic E-state index is 13.9.